The molecule has 54 heavy (non-hydrogen) atoms. The van der Waals surface area contributed by atoms with E-state index in [0.717, 1.165) is 96.7 Å². The number of aromatic nitrogens is 6. The van der Waals surface area contributed by atoms with Crippen LogP contribution in [0.3, 0.4) is 0 Å². The van der Waals surface area contributed by atoms with E-state index in [9.17, 15) is 18.4 Å². The molecule has 0 atom stereocenters. The van der Waals surface area contributed by atoms with Crippen molar-refractivity contribution in [3.8, 4) is 11.1 Å². The molecule has 4 aliphatic rings. The number of fused-ring (bicyclic) bond motifs is 3. The molecule has 7 heterocycles. The molecular formula is C40H46F2N10O2. The number of likely N-dealkylation sites (tertiary alicyclic amines) is 1. The number of nitrogens with one attached hydrogen (secondary N) is 1. The van der Waals surface area contributed by atoms with Crippen LogP contribution < -0.4 is 9.80 Å². The first kappa shape index (κ1) is 34.5. The van der Waals surface area contributed by atoms with Gasteiger partial charge in [0.2, 0.25) is 11.8 Å². The summed E-state index contributed by atoms with van der Waals surface area (Å²) >= 11 is 0. The third kappa shape index (κ3) is 6.18. The number of aryl methyl sites for hydroxylation is 2. The molecule has 0 unspecified atom stereocenters. The van der Waals surface area contributed by atoms with Crippen molar-refractivity contribution in [3.05, 3.63) is 71.4 Å². The molecule has 2 saturated heterocycles. The molecule has 0 spiro atoms. The van der Waals surface area contributed by atoms with Gasteiger partial charge in [0.1, 0.15) is 0 Å². The molecule has 14 heteroatoms. The van der Waals surface area contributed by atoms with Crippen LogP contribution in [0.4, 0.5) is 26.0 Å². The Labute approximate surface area is 312 Å². The van der Waals surface area contributed by atoms with Crippen LogP contribution in [0.25, 0.3) is 22.2 Å². The van der Waals surface area contributed by atoms with Crippen LogP contribution in [0.2, 0.25) is 0 Å². The number of H-pyrrole nitrogens is 1. The highest BCUT2D eigenvalue weighted by molar-refractivity contribution is 5.81. The molecule has 0 bridgehead atoms. The van der Waals surface area contributed by atoms with Crippen LogP contribution in [-0.4, -0.2) is 90.4 Å². The second-order valence-electron chi connectivity index (χ2n) is 15.3. The number of benzene rings is 2. The Morgan fingerprint density at radius 2 is 1.76 bits per heavy atom. The average Bonchev–Trinajstić information content (AvgIpc) is 3.95. The minimum absolute atomic E-state index is 0.0102. The van der Waals surface area contributed by atoms with Gasteiger partial charge in [-0.3, -0.25) is 19.0 Å². The second-order valence-corrected chi connectivity index (χ2v) is 15.3. The Kier molecular flexibility index (Phi) is 8.85. The topological polar surface area (TPSA) is 111 Å². The fraction of sp³-hybridized carbons (Fsp3) is 0.475. The number of aromatic amines is 1. The van der Waals surface area contributed by atoms with E-state index in [-0.39, 0.29) is 29.3 Å². The first-order valence-corrected chi connectivity index (χ1v) is 19.3. The van der Waals surface area contributed by atoms with Crippen LogP contribution in [0, 0.1) is 5.92 Å². The summed E-state index contributed by atoms with van der Waals surface area (Å²) in [7, 11) is 1.78. The van der Waals surface area contributed by atoms with Crippen molar-refractivity contribution in [1.29, 1.82) is 0 Å². The van der Waals surface area contributed by atoms with E-state index in [1.54, 1.807) is 43.4 Å². The first-order chi connectivity index (χ1) is 26.2. The molecule has 282 valence electrons. The van der Waals surface area contributed by atoms with Gasteiger partial charge in [-0.2, -0.15) is 10.2 Å². The number of hydrogen-bond donors (Lipinski definition) is 1. The van der Waals surface area contributed by atoms with Gasteiger partial charge in [0, 0.05) is 106 Å². The summed E-state index contributed by atoms with van der Waals surface area (Å²) in [4.78, 5) is 42.3. The normalized spacial score (nSPS) is 18.5. The Morgan fingerprint density at radius 1 is 0.944 bits per heavy atom. The Bertz CT molecular complexity index is 2210. The number of piperidine rings is 2. The van der Waals surface area contributed by atoms with Crippen molar-refractivity contribution in [2.45, 2.75) is 70.9 Å². The molecule has 0 aliphatic carbocycles. The summed E-state index contributed by atoms with van der Waals surface area (Å²) < 4.78 is 33.1. The lowest BCUT2D eigenvalue weighted by molar-refractivity contribution is -0.137. The summed E-state index contributed by atoms with van der Waals surface area (Å²) in [6, 6.07) is 9.94. The molecule has 0 saturated carbocycles. The zero-order valence-electron chi connectivity index (χ0n) is 30.8. The van der Waals surface area contributed by atoms with Crippen molar-refractivity contribution in [3.63, 3.8) is 0 Å². The van der Waals surface area contributed by atoms with E-state index in [1.165, 1.54) is 0 Å². The van der Waals surface area contributed by atoms with Gasteiger partial charge >= 0.3 is 0 Å². The van der Waals surface area contributed by atoms with Gasteiger partial charge in [0.05, 0.1) is 36.1 Å². The first-order valence-electron chi connectivity index (χ1n) is 19.3. The number of carbonyl (C=O) groups is 2. The maximum Gasteiger partial charge on any atom is 0.264 e. The average molecular weight is 737 g/mol. The van der Waals surface area contributed by atoms with Gasteiger partial charge in [-0.25, -0.2) is 13.8 Å². The summed E-state index contributed by atoms with van der Waals surface area (Å²) in [5.74, 6) is 1.04. The third-order valence-corrected chi connectivity index (χ3v) is 12.1. The number of nitrogens with zero attached hydrogens (tertiary/aromatic N) is 9. The highest BCUT2D eigenvalue weighted by Gasteiger charge is 2.36. The molecule has 4 aliphatic heterocycles. The summed E-state index contributed by atoms with van der Waals surface area (Å²) in [5.41, 5.74) is 8.15. The highest BCUT2D eigenvalue weighted by atomic mass is 19.3. The van der Waals surface area contributed by atoms with Crippen molar-refractivity contribution >= 4 is 40.0 Å². The number of hydrogen-bond acceptors (Lipinski definition) is 7. The SMILES string of the molecule is CC(=O)N1CCc2c(c(N3CCCc4cc(-c5cnn(C)c5)c(C(F)F)cc43)nn2C2CCN(C(=O)C3CCN(c4ccc5nc[nH]c5c4)CC3)CC2)C1. The predicted octanol–water partition coefficient (Wildman–Crippen LogP) is 6.17. The quantitative estimate of drug-likeness (QED) is 0.222. The second kappa shape index (κ2) is 13.9. The van der Waals surface area contributed by atoms with E-state index in [0.29, 0.717) is 50.3 Å². The van der Waals surface area contributed by atoms with Gasteiger partial charge in [-0.05, 0) is 80.0 Å². The summed E-state index contributed by atoms with van der Waals surface area (Å²) in [6.45, 7) is 6.32. The summed E-state index contributed by atoms with van der Waals surface area (Å²) in [5, 5.41) is 9.52. The van der Waals surface area contributed by atoms with Crippen molar-refractivity contribution in [1.82, 2.24) is 39.3 Å². The van der Waals surface area contributed by atoms with Gasteiger partial charge in [0.25, 0.3) is 6.43 Å². The van der Waals surface area contributed by atoms with Gasteiger partial charge < -0.3 is 24.6 Å². The molecule has 9 rings (SSSR count). The van der Waals surface area contributed by atoms with Gasteiger partial charge in [0.15, 0.2) is 5.82 Å². The molecule has 2 amide bonds. The minimum Gasteiger partial charge on any atom is -0.371 e. The molecular weight excluding hydrogens is 691 g/mol. The van der Waals surface area contributed by atoms with E-state index in [4.69, 9.17) is 5.10 Å². The lowest BCUT2D eigenvalue weighted by Gasteiger charge is -2.38. The van der Waals surface area contributed by atoms with Crippen LogP contribution in [0.15, 0.2) is 49.1 Å². The maximum atomic E-state index is 14.7. The van der Waals surface area contributed by atoms with Crippen LogP contribution in [0.5, 0.6) is 0 Å². The molecule has 5 aromatic rings. The van der Waals surface area contributed by atoms with Gasteiger partial charge in [-0.15, -0.1) is 0 Å². The predicted molar refractivity (Wildman–Crippen MR) is 202 cm³/mol. The van der Waals surface area contributed by atoms with Crippen molar-refractivity contribution < 1.29 is 18.4 Å². The molecule has 3 aromatic heterocycles. The zero-order valence-corrected chi connectivity index (χ0v) is 30.8. The van der Waals surface area contributed by atoms with Crippen LogP contribution in [-0.2, 0) is 36.0 Å². The molecule has 0 radical (unpaired) electrons. The minimum atomic E-state index is -2.66. The number of imidazole rings is 1. The molecule has 2 aromatic carbocycles. The van der Waals surface area contributed by atoms with Crippen molar-refractivity contribution in [2.24, 2.45) is 13.0 Å². The van der Waals surface area contributed by atoms with Gasteiger partial charge in [-0.1, -0.05) is 0 Å². The van der Waals surface area contributed by atoms with E-state index >= 15 is 0 Å². The fourth-order valence-corrected chi connectivity index (χ4v) is 9.17. The van der Waals surface area contributed by atoms with E-state index in [2.05, 4.69) is 46.6 Å². The molecule has 2 fully saturated rings. The van der Waals surface area contributed by atoms with E-state index in [1.807, 2.05) is 17.0 Å². The van der Waals surface area contributed by atoms with E-state index < -0.39 is 6.43 Å². The number of halogens is 2. The Balaban J connectivity index is 0.938. The number of alkyl halides is 2. The number of anilines is 3. The Hall–Kier alpha value is -5.27. The monoisotopic (exact) mass is 736 g/mol. The van der Waals surface area contributed by atoms with Crippen LogP contribution >= 0.6 is 0 Å². The number of rotatable bonds is 6. The maximum absolute atomic E-state index is 14.7. The van der Waals surface area contributed by atoms with Crippen molar-refractivity contribution in [2.75, 3.05) is 49.1 Å². The molecule has 1 N–H and O–H groups in total. The standard InChI is InChI=1S/C40H46F2N10O2/c1-25(53)50-17-11-36-33(23-50)39(51-12-3-4-27-18-31(28-21-45-47(2)22-28)32(38(41)42)20-37(27)51)46-52(36)29-9-15-49(16-10-29)40(54)26-7-13-48(14-8-26)30-5-6-34-35(19-30)44-24-43-34/h5-6,18-22,24,26,29,38H,3-4,7-17,23H2,1-2H3,(H,43,44). The Morgan fingerprint density at radius 3 is 2.50 bits per heavy atom. The molecule has 12 nitrogen and oxygen atoms in total. The highest BCUT2D eigenvalue weighted by Crippen LogP contribution is 2.44. The zero-order chi connectivity index (χ0) is 37.1. The third-order valence-electron chi connectivity index (χ3n) is 12.1. The lowest BCUT2D eigenvalue weighted by Crippen LogP contribution is -2.46. The number of carbonyl (C=O) groups excluding carboxylic acids is 2. The number of amides is 2. The van der Waals surface area contributed by atoms with Crippen LogP contribution in [0.1, 0.15) is 73.9 Å². The smallest absolute Gasteiger partial charge is 0.264 e. The fourth-order valence-electron chi connectivity index (χ4n) is 9.17. The lowest BCUT2D eigenvalue weighted by atomic mass is 9.92. The summed E-state index contributed by atoms with van der Waals surface area (Å²) in [6.07, 6.45) is 8.01. The largest absolute Gasteiger partial charge is 0.371 e.